The lowest BCUT2D eigenvalue weighted by Gasteiger charge is -2.25. The Balaban J connectivity index is 0.00000264. The zero-order valence-electron chi connectivity index (χ0n) is 14.5. The number of rotatable bonds is 7. The standard InChI is InChI=1S/C17H33N3O2.HI/c1-18-17(20-16-6-3-2-4-7-16)19-10-5-11-22-14-15-8-12-21-13-9-15;/h15-16H,2-14H2,1H3,(H2,18,19,20);1H. The summed E-state index contributed by atoms with van der Waals surface area (Å²) in [5.74, 6) is 1.64. The Labute approximate surface area is 158 Å². The largest absolute Gasteiger partial charge is 0.381 e. The monoisotopic (exact) mass is 439 g/mol. The fraction of sp³-hybridized carbons (Fsp3) is 0.941. The van der Waals surface area contributed by atoms with Gasteiger partial charge in [0.25, 0.3) is 0 Å². The first-order valence-corrected chi connectivity index (χ1v) is 9.01. The number of aliphatic imine (C=N–C) groups is 1. The molecule has 0 radical (unpaired) electrons. The van der Waals surface area contributed by atoms with Crippen LogP contribution < -0.4 is 10.6 Å². The molecular formula is C17H34IN3O2. The molecule has 1 saturated carbocycles. The zero-order valence-corrected chi connectivity index (χ0v) is 16.8. The van der Waals surface area contributed by atoms with Gasteiger partial charge in [0, 0.05) is 46.1 Å². The summed E-state index contributed by atoms with van der Waals surface area (Å²) in [6.07, 6.45) is 9.93. The van der Waals surface area contributed by atoms with E-state index in [1.54, 1.807) is 0 Å². The molecule has 0 amide bonds. The number of ether oxygens (including phenoxy) is 2. The summed E-state index contributed by atoms with van der Waals surface area (Å²) in [6, 6.07) is 0.602. The van der Waals surface area contributed by atoms with Crippen LogP contribution >= 0.6 is 24.0 Å². The third-order valence-corrected chi connectivity index (χ3v) is 4.62. The normalized spacial score (nSPS) is 20.8. The van der Waals surface area contributed by atoms with E-state index >= 15 is 0 Å². The molecule has 0 aromatic rings. The minimum absolute atomic E-state index is 0. The molecule has 1 aliphatic carbocycles. The Kier molecular flexibility index (Phi) is 12.1. The van der Waals surface area contributed by atoms with Gasteiger partial charge in [-0.1, -0.05) is 19.3 Å². The molecule has 0 bridgehead atoms. The Morgan fingerprint density at radius 1 is 1.13 bits per heavy atom. The van der Waals surface area contributed by atoms with Gasteiger partial charge in [0.1, 0.15) is 0 Å². The molecule has 0 atom stereocenters. The van der Waals surface area contributed by atoms with Crippen molar-refractivity contribution in [1.29, 1.82) is 0 Å². The molecular weight excluding hydrogens is 405 g/mol. The first kappa shape index (κ1) is 21.0. The predicted molar refractivity (Wildman–Crippen MR) is 106 cm³/mol. The van der Waals surface area contributed by atoms with Crippen molar-refractivity contribution in [1.82, 2.24) is 10.6 Å². The maximum atomic E-state index is 5.78. The van der Waals surface area contributed by atoms with Crippen LogP contribution in [0.1, 0.15) is 51.4 Å². The van der Waals surface area contributed by atoms with Crippen molar-refractivity contribution in [3.63, 3.8) is 0 Å². The number of halogens is 1. The molecule has 1 aliphatic heterocycles. The third kappa shape index (κ3) is 9.10. The maximum Gasteiger partial charge on any atom is 0.191 e. The van der Waals surface area contributed by atoms with E-state index in [0.29, 0.717) is 12.0 Å². The summed E-state index contributed by atoms with van der Waals surface area (Å²) in [5.41, 5.74) is 0. The van der Waals surface area contributed by atoms with Crippen LogP contribution in [0.2, 0.25) is 0 Å². The predicted octanol–water partition coefficient (Wildman–Crippen LogP) is 2.94. The van der Waals surface area contributed by atoms with Crippen LogP contribution in [0.5, 0.6) is 0 Å². The van der Waals surface area contributed by atoms with Crippen LogP contribution in [-0.4, -0.2) is 52.0 Å². The molecule has 0 unspecified atom stereocenters. The molecule has 6 heteroatoms. The third-order valence-electron chi connectivity index (χ3n) is 4.62. The molecule has 2 rings (SSSR count). The lowest BCUT2D eigenvalue weighted by atomic mass is 9.96. The first-order valence-electron chi connectivity index (χ1n) is 9.01. The van der Waals surface area contributed by atoms with Crippen LogP contribution in [0.15, 0.2) is 4.99 Å². The van der Waals surface area contributed by atoms with Crippen molar-refractivity contribution in [2.75, 3.05) is 40.0 Å². The molecule has 23 heavy (non-hydrogen) atoms. The van der Waals surface area contributed by atoms with Gasteiger partial charge in [-0.15, -0.1) is 24.0 Å². The fourth-order valence-electron chi connectivity index (χ4n) is 3.18. The van der Waals surface area contributed by atoms with E-state index in [1.807, 2.05) is 7.05 Å². The van der Waals surface area contributed by atoms with E-state index in [0.717, 1.165) is 58.2 Å². The molecule has 136 valence electrons. The smallest absolute Gasteiger partial charge is 0.191 e. The van der Waals surface area contributed by atoms with E-state index in [9.17, 15) is 0 Å². The summed E-state index contributed by atoms with van der Waals surface area (Å²) in [5, 5.41) is 6.93. The summed E-state index contributed by atoms with van der Waals surface area (Å²) in [7, 11) is 1.85. The summed E-state index contributed by atoms with van der Waals surface area (Å²) in [4.78, 5) is 4.31. The lowest BCUT2D eigenvalue weighted by Crippen LogP contribution is -2.44. The molecule has 2 aliphatic rings. The Morgan fingerprint density at radius 3 is 2.57 bits per heavy atom. The molecule has 2 N–H and O–H groups in total. The number of nitrogens with one attached hydrogen (secondary N) is 2. The molecule has 1 heterocycles. The lowest BCUT2D eigenvalue weighted by molar-refractivity contribution is 0.0203. The zero-order chi connectivity index (χ0) is 15.5. The van der Waals surface area contributed by atoms with Crippen LogP contribution in [-0.2, 0) is 9.47 Å². The van der Waals surface area contributed by atoms with Crippen molar-refractivity contribution in [3.05, 3.63) is 0 Å². The van der Waals surface area contributed by atoms with E-state index in [-0.39, 0.29) is 24.0 Å². The average Bonchev–Trinajstić information content (AvgIpc) is 2.58. The van der Waals surface area contributed by atoms with Gasteiger partial charge in [-0.2, -0.15) is 0 Å². The molecule has 0 aromatic carbocycles. The highest BCUT2D eigenvalue weighted by Gasteiger charge is 2.15. The highest BCUT2D eigenvalue weighted by Crippen LogP contribution is 2.17. The van der Waals surface area contributed by atoms with E-state index < -0.39 is 0 Å². The van der Waals surface area contributed by atoms with Crippen LogP contribution in [0.3, 0.4) is 0 Å². The summed E-state index contributed by atoms with van der Waals surface area (Å²) >= 11 is 0. The molecule has 1 saturated heterocycles. The molecule has 5 nitrogen and oxygen atoms in total. The topological polar surface area (TPSA) is 54.9 Å². The Morgan fingerprint density at radius 2 is 1.87 bits per heavy atom. The van der Waals surface area contributed by atoms with Crippen molar-refractivity contribution in [3.8, 4) is 0 Å². The van der Waals surface area contributed by atoms with Crippen LogP contribution in [0, 0.1) is 5.92 Å². The summed E-state index contributed by atoms with van der Waals surface area (Å²) in [6.45, 7) is 4.43. The minimum Gasteiger partial charge on any atom is -0.381 e. The van der Waals surface area contributed by atoms with Gasteiger partial charge >= 0.3 is 0 Å². The van der Waals surface area contributed by atoms with Gasteiger partial charge in [-0.05, 0) is 38.0 Å². The highest BCUT2D eigenvalue weighted by atomic mass is 127. The molecule has 2 fully saturated rings. The SMILES string of the molecule is CN=C(NCCCOCC1CCOCC1)NC1CCCCC1.I. The second-order valence-electron chi connectivity index (χ2n) is 6.46. The van der Waals surface area contributed by atoms with Crippen molar-refractivity contribution >= 4 is 29.9 Å². The van der Waals surface area contributed by atoms with Gasteiger partial charge in [0.2, 0.25) is 0 Å². The van der Waals surface area contributed by atoms with Gasteiger partial charge in [-0.3, -0.25) is 4.99 Å². The second kappa shape index (κ2) is 13.2. The number of nitrogens with zero attached hydrogens (tertiary/aromatic N) is 1. The van der Waals surface area contributed by atoms with Gasteiger partial charge in [0.05, 0.1) is 0 Å². The Bertz CT molecular complexity index is 317. The van der Waals surface area contributed by atoms with Crippen molar-refractivity contribution < 1.29 is 9.47 Å². The fourth-order valence-corrected chi connectivity index (χ4v) is 3.18. The minimum atomic E-state index is 0. The van der Waals surface area contributed by atoms with Gasteiger partial charge in [0.15, 0.2) is 5.96 Å². The summed E-state index contributed by atoms with van der Waals surface area (Å²) < 4.78 is 11.1. The van der Waals surface area contributed by atoms with Crippen LogP contribution in [0.25, 0.3) is 0 Å². The van der Waals surface area contributed by atoms with E-state index in [1.165, 1.54) is 32.1 Å². The number of hydrogen-bond acceptors (Lipinski definition) is 3. The molecule has 0 aromatic heterocycles. The van der Waals surface area contributed by atoms with Crippen LogP contribution in [0.4, 0.5) is 0 Å². The second-order valence-corrected chi connectivity index (χ2v) is 6.46. The quantitative estimate of drug-likeness (QED) is 0.277. The highest BCUT2D eigenvalue weighted by molar-refractivity contribution is 14.0. The van der Waals surface area contributed by atoms with Gasteiger partial charge < -0.3 is 20.1 Å². The first-order chi connectivity index (χ1) is 10.9. The Hall–Kier alpha value is -0.0800. The average molecular weight is 439 g/mol. The molecule has 0 spiro atoms. The van der Waals surface area contributed by atoms with Crippen molar-refractivity contribution in [2.24, 2.45) is 10.9 Å². The number of hydrogen-bond donors (Lipinski definition) is 2. The maximum absolute atomic E-state index is 5.78. The van der Waals surface area contributed by atoms with Crippen molar-refractivity contribution in [2.45, 2.75) is 57.4 Å². The number of guanidine groups is 1. The van der Waals surface area contributed by atoms with Gasteiger partial charge in [-0.25, -0.2) is 0 Å². The van der Waals surface area contributed by atoms with E-state index in [4.69, 9.17) is 9.47 Å². The van der Waals surface area contributed by atoms with E-state index in [2.05, 4.69) is 15.6 Å².